The van der Waals surface area contributed by atoms with Crippen LogP contribution in [0.5, 0.6) is 46.0 Å². The van der Waals surface area contributed by atoms with Crippen LogP contribution in [0, 0.1) is 11.7 Å². The molecule has 0 saturated carbocycles. The molecule has 7 aromatic rings. The third kappa shape index (κ3) is 22.6. The molecule has 21 N–H and O–H groups in total. The van der Waals surface area contributed by atoms with E-state index in [0.29, 0.717) is 31.9 Å². The van der Waals surface area contributed by atoms with Gasteiger partial charge in [-0.1, -0.05) is 72.9 Å². The maximum absolute atomic E-state index is 16.4. The Bertz CT molecular complexity index is 5550. The first kappa shape index (κ1) is 97.0. The molecule has 11 bridgehead atoms. The topological polar surface area (TPSA) is 594 Å². The van der Waals surface area contributed by atoms with Crippen LogP contribution in [0.3, 0.4) is 0 Å². The summed E-state index contributed by atoms with van der Waals surface area (Å²) in [5, 5.41) is 130. The normalized spacial score (nSPS) is 26.2. The van der Waals surface area contributed by atoms with Crippen LogP contribution in [0.1, 0.15) is 111 Å². The second-order valence-corrected chi connectivity index (χ2v) is 34.0. The van der Waals surface area contributed by atoms with Gasteiger partial charge in [0.2, 0.25) is 59.3 Å². The van der Waals surface area contributed by atoms with Crippen molar-refractivity contribution in [3.8, 4) is 57.1 Å². The average molecular weight is 1890 g/mol. The highest BCUT2D eigenvalue weighted by Gasteiger charge is 2.52. The molecule has 18 unspecified atom stereocenters. The van der Waals surface area contributed by atoms with Gasteiger partial charge in [0, 0.05) is 68.1 Å². The number of carbonyl (C=O) groups excluding carboxylic acids is 9. The molecule has 1 aromatic heterocycles. The number of nitrogens with one attached hydrogen (secondary N) is 10. The number of hydroxylamine groups is 1. The SMILES string of the molecule is CNC(CC(C)C)C(=O)NC1C(=O)NC(CC(N)=O)C(=O)NC2C(=O)NC3C(=O)NC(C(=O)NC(C(=O)NOCCN4CCOCC4)c4cc(O)cc(O)c4-c4cc3ccc4O)C(O)c3ccc(c(Cl)c3)Oc3cc2cc(c3OC2OC(CO)C(O)C(O)C2OC2CC(C)(NCCn3ccc(NC(=O)Cc4ccc(Cl)c(F)c4)nc3=O)C(O)C(C)O2)Oc2ccc(cc2Cl)C1O. The van der Waals surface area contributed by atoms with Gasteiger partial charge in [0.1, 0.15) is 107 Å². The van der Waals surface area contributed by atoms with Gasteiger partial charge in [0.05, 0.1) is 72.6 Å². The Labute approximate surface area is 760 Å². The molecule has 131 heavy (non-hydrogen) atoms. The zero-order chi connectivity index (χ0) is 94.3. The third-order valence-electron chi connectivity index (χ3n) is 22.9. The predicted octanol–water partition coefficient (Wildman–Crippen LogP) is 1.26. The lowest BCUT2D eigenvalue weighted by Crippen LogP contribution is -2.65. The summed E-state index contributed by atoms with van der Waals surface area (Å²) < 4.78 is 60.3. The maximum atomic E-state index is 16.4. The van der Waals surface area contributed by atoms with Crippen LogP contribution in [-0.2, 0) is 79.9 Å². The number of primary amides is 1. The minimum Gasteiger partial charge on any atom is -0.508 e. The molecule has 6 aromatic carbocycles. The first-order chi connectivity index (χ1) is 62.3. The van der Waals surface area contributed by atoms with Crippen molar-refractivity contribution in [3.05, 3.63) is 174 Å². The minimum absolute atomic E-state index is 0.0647. The summed E-state index contributed by atoms with van der Waals surface area (Å²) in [5.41, 5.74) is 3.46. The zero-order valence-corrected chi connectivity index (χ0v) is 73.0. The molecular weight excluding hydrogens is 1790 g/mol. The van der Waals surface area contributed by atoms with E-state index in [1.165, 1.54) is 55.1 Å². The van der Waals surface area contributed by atoms with Crippen molar-refractivity contribution in [2.75, 3.05) is 65.0 Å². The van der Waals surface area contributed by atoms with Crippen LogP contribution >= 0.6 is 34.8 Å². The summed E-state index contributed by atoms with van der Waals surface area (Å²) in [7, 11) is 1.47. The number of aromatic hydroxyl groups is 3. The summed E-state index contributed by atoms with van der Waals surface area (Å²) in [6.07, 6.45) is -18.6. The monoisotopic (exact) mass is 1880 g/mol. The first-order valence-electron chi connectivity index (χ1n) is 41.6. The molecule has 8 aliphatic heterocycles. The maximum Gasteiger partial charge on any atom is 0.349 e. The summed E-state index contributed by atoms with van der Waals surface area (Å²) in [6, 6.07) is 4.69. The molecule has 9 heterocycles. The number of phenolic OH excluding ortho intramolecular Hbond substituents is 3. The molecule has 8 aliphatic rings. The molecule has 9 amide bonds. The van der Waals surface area contributed by atoms with Gasteiger partial charge in [-0.25, -0.2) is 14.7 Å². The van der Waals surface area contributed by atoms with E-state index in [2.05, 4.69) is 58.3 Å². The highest BCUT2D eigenvalue weighted by molar-refractivity contribution is 6.32. The molecule has 0 spiro atoms. The Kier molecular flexibility index (Phi) is 31.0. The van der Waals surface area contributed by atoms with Crippen LogP contribution in [0.25, 0.3) is 11.1 Å². The third-order valence-corrected chi connectivity index (χ3v) is 23.8. The lowest BCUT2D eigenvalue weighted by Gasteiger charge is -2.48. The number of nitrogens with two attached hydrogens (primary N) is 1. The van der Waals surface area contributed by atoms with Crippen molar-refractivity contribution in [3.63, 3.8) is 0 Å². The summed E-state index contributed by atoms with van der Waals surface area (Å²) in [4.78, 5) is 159. The number of rotatable bonds is 24. The van der Waals surface area contributed by atoms with E-state index >= 15 is 24.0 Å². The van der Waals surface area contributed by atoms with Crippen molar-refractivity contribution in [2.24, 2.45) is 11.7 Å². The van der Waals surface area contributed by atoms with E-state index in [4.69, 9.17) is 78.5 Å². The quantitative estimate of drug-likeness (QED) is 0.0299. The molecular formula is C86H98Cl3FN14O27. The number of aliphatic hydroxyl groups excluding tert-OH is 6. The molecule has 3 fully saturated rings. The van der Waals surface area contributed by atoms with Crippen LogP contribution in [0.4, 0.5) is 10.2 Å². The second-order valence-electron chi connectivity index (χ2n) is 32.7. The largest absolute Gasteiger partial charge is 0.508 e. The first-order valence-corrected chi connectivity index (χ1v) is 42.7. The summed E-state index contributed by atoms with van der Waals surface area (Å²) in [6.45, 7) is 7.52. The van der Waals surface area contributed by atoms with E-state index in [-0.39, 0.29) is 84.7 Å². The van der Waals surface area contributed by atoms with Gasteiger partial charge < -0.3 is 133 Å². The van der Waals surface area contributed by atoms with Gasteiger partial charge in [-0.05, 0) is 139 Å². The Balaban J connectivity index is 0.933. The van der Waals surface area contributed by atoms with Gasteiger partial charge >= 0.3 is 5.69 Å². The number of aliphatic hydroxyl groups is 6. The summed E-state index contributed by atoms with van der Waals surface area (Å²) >= 11 is 20.2. The molecule has 0 radical (unpaired) electrons. The number of likely N-dealkylation sites (N-methyl/N-ethyl adjacent to an activating group) is 1. The van der Waals surface area contributed by atoms with E-state index in [9.17, 15) is 74.3 Å². The molecule has 0 aliphatic carbocycles. The summed E-state index contributed by atoms with van der Waals surface area (Å²) in [5.74, 6) is -17.0. The second kappa shape index (κ2) is 41.9. The highest BCUT2D eigenvalue weighted by atomic mass is 35.5. The minimum atomic E-state index is -2.40. The van der Waals surface area contributed by atoms with E-state index in [0.717, 1.165) is 72.8 Å². The van der Waals surface area contributed by atoms with Gasteiger partial charge in [0.25, 0.3) is 5.91 Å². The van der Waals surface area contributed by atoms with Crippen molar-refractivity contribution in [1.29, 1.82) is 0 Å². The smallest absolute Gasteiger partial charge is 0.349 e. The highest BCUT2D eigenvalue weighted by Crippen LogP contribution is 2.50. The van der Waals surface area contributed by atoms with Crippen LogP contribution in [-0.4, -0.2) is 252 Å². The van der Waals surface area contributed by atoms with E-state index < -0.39 is 259 Å². The lowest BCUT2D eigenvalue weighted by molar-refractivity contribution is -0.334. The van der Waals surface area contributed by atoms with Gasteiger partial charge in [-0.2, -0.15) is 4.98 Å². The number of fused-ring (bicyclic) bond motifs is 15. The van der Waals surface area contributed by atoms with Crippen LogP contribution in [0.15, 0.2) is 114 Å². The van der Waals surface area contributed by atoms with Crippen molar-refractivity contribution >= 4 is 93.8 Å². The number of halogens is 4. The lowest BCUT2D eigenvalue weighted by atomic mass is 9.85. The van der Waals surface area contributed by atoms with Gasteiger partial charge in [-0.15, -0.1) is 0 Å². The number of morpholine rings is 1. The number of benzene rings is 6. The molecule has 45 heteroatoms. The van der Waals surface area contributed by atoms with Crippen molar-refractivity contribution < 1.29 is 131 Å². The number of amides is 9. The molecule has 702 valence electrons. The molecule has 41 nitrogen and oxygen atoms in total. The van der Waals surface area contributed by atoms with Crippen LogP contribution in [0.2, 0.25) is 15.1 Å². The molecule has 3 saturated heterocycles. The number of ether oxygens (including phenoxy) is 7. The van der Waals surface area contributed by atoms with Gasteiger partial charge in [0.15, 0.2) is 23.9 Å². The van der Waals surface area contributed by atoms with Crippen molar-refractivity contribution in [1.82, 2.24) is 62.5 Å². The number of hydrogen-bond acceptors (Lipinski definition) is 31. The standard InChI is InChI=1S/C86H98Cl3FN14O27/c1-37(2)24-51(92-5)77(116)100-68-70(111)41-8-12-55(48(88)28-41)127-57-30-43-31-58(74(57)131-84-75(73(114)72(113)59(36-105)129-84)130-63-35-86(4,76(115)38(3)126-63)93-15-17-104-16-14-61(96-85(104)123)95-62(110)26-39-6-10-47(87)50(90)25-39)128-56-13-9-42(29-49(56)89)71(112)69-82(121)99-67(83(122)102-125-23-20-103-18-21-124-22-19-103)46-32-44(106)33-54(108)64(46)45-27-40(7-11-53(45)107)65(79(118)101-69)98-80(119)66(43)97-78(117)52(34-60(91)109)94-81(68)120/h6-14,16,25,27-33,37-38,51-52,59,63,65-73,75-76,84,92-93,105-108,111-115H,15,17-24,26,34-36H2,1-5H3,(H2,91,109)(H,94,120)(H,97,117)(H,98,119)(H,99,121)(H,100,116)(H,101,118)(H,102,122)(H,95,96,110,123). The fraction of sp³-hybridized carbons (Fsp3) is 0.430. The Morgan fingerprint density at radius 1 is 0.718 bits per heavy atom. The van der Waals surface area contributed by atoms with Gasteiger partial charge in [-0.3, -0.25) is 57.5 Å². The van der Waals surface area contributed by atoms with E-state index in [1.807, 2.05) is 18.7 Å². The van der Waals surface area contributed by atoms with Crippen LogP contribution < -0.4 is 79.0 Å². The number of carbonyl (C=O) groups is 9. The Morgan fingerprint density at radius 3 is 2.03 bits per heavy atom. The number of aromatic nitrogens is 2. The predicted molar refractivity (Wildman–Crippen MR) is 459 cm³/mol. The number of phenols is 3. The Morgan fingerprint density at radius 2 is 1.38 bits per heavy atom. The van der Waals surface area contributed by atoms with E-state index in [1.54, 1.807) is 6.92 Å². The fourth-order valence-electron chi connectivity index (χ4n) is 16.0. The van der Waals surface area contributed by atoms with Crippen molar-refractivity contribution in [2.45, 2.75) is 169 Å². The molecule has 18 atom stereocenters. The number of anilines is 1. The number of hydrogen-bond donors (Lipinski definition) is 20. The zero-order valence-electron chi connectivity index (χ0n) is 70.8. The average Bonchev–Trinajstić information content (AvgIpc) is 0.763. The number of nitrogens with zero attached hydrogens (tertiary/aromatic N) is 3. The molecule has 15 rings (SSSR count). The Hall–Kier alpha value is -11.5. The fourth-order valence-corrected chi connectivity index (χ4v) is 16.6.